The molecule has 0 fully saturated rings. The molecule has 0 amide bonds. The molecule has 0 saturated heterocycles. The van der Waals surface area contributed by atoms with E-state index in [1.165, 1.54) is 6.07 Å². The van der Waals surface area contributed by atoms with Crippen LogP contribution in [0, 0.1) is 0 Å². The van der Waals surface area contributed by atoms with Crippen LogP contribution in [0.25, 0.3) is 22.2 Å². The Balaban J connectivity index is 2.11. The van der Waals surface area contributed by atoms with E-state index in [0.29, 0.717) is 17.8 Å². The number of H-pyrrole nitrogens is 1. The molecule has 0 aliphatic heterocycles. The smallest absolute Gasteiger partial charge is 0.398 e. The molecule has 0 radical (unpaired) electrons. The first kappa shape index (κ1) is 14.5. The summed E-state index contributed by atoms with van der Waals surface area (Å²) in [5.74, 6) is 0. The fourth-order valence-electron chi connectivity index (χ4n) is 2.43. The van der Waals surface area contributed by atoms with Crippen molar-refractivity contribution in [2.24, 2.45) is 5.73 Å². The zero-order valence-electron chi connectivity index (χ0n) is 11.5. The van der Waals surface area contributed by atoms with Crippen molar-refractivity contribution < 1.29 is 13.2 Å². The molecule has 114 valence electrons. The lowest BCUT2D eigenvalue weighted by Gasteiger charge is -2.11. The minimum absolute atomic E-state index is 0.280. The van der Waals surface area contributed by atoms with Crippen molar-refractivity contribution in [2.45, 2.75) is 12.7 Å². The molecule has 0 aliphatic rings. The summed E-state index contributed by atoms with van der Waals surface area (Å²) in [6, 6.07) is 11.4. The third-order valence-corrected chi connectivity index (χ3v) is 3.59. The molecular formula is C16H14F3N3. The van der Waals surface area contributed by atoms with Crippen LogP contribution in [0.2, 0.25) is 0 Å². The number of benzene rings is 2. The van der Waals surface area contributed by atoms with E-state index in [0.717, 1.165) is 22.5 Å². The molecule has 6 heteroatoms. The maximum Gasteiger partial charge on any atom is 0.418 e. The largest absolute Gasteiger partial charge is 0.418 e. The monoisotopic (exact) mass is 305 g/mol. The van der Waals surface area contributed by atoms with Gasteiger partial charge in [-0.25, -0.2) is 0 Å². The number of hydrogen-bond acceptors (Lipinski definition) is 2. The van der Waals surface area contributed by atoms with Gasteiger partial charge in [-0.1, -0.05) is 12.1 Å². The second-order valence-corrected chi connectivity index (χ2v) is 5.11. The number of hydrogen-bond donors (Lipinski definition) is 3. The fraction of sp³-hybridized carbons (Fsp3) is 0.125. The molecule has 2 aromatic carbocycles. The highest BCUT2D eigenvalue weighted by atomic mass is 19.4. The van der Waals surface area contributed by atoms with Gasteiger partial charge in [0, 0.05) is 28.8 Å². The SMILES string of the molecule is NCc1ccc2[nH]c(-c3ccc(N)c(C(F)(F)F)c3)cc2c1. The van der Waals surface area contributed by atoms with Crippen LogP contribution in [0.4, 0.5) is 18.9 Å². The molecule has 3 rings (SSSR count). The number of halogens is 3. The molecule has 1 aromatic heterocycles. The Morgan fingerprint density at radius 2 is 1.77 bits per heavy atom. The quantitative estimate of drug-likeness (QED) is 0.629. The van der Waals surface area contributed by atoms with Crippen LogP contribution in [0.1, 0.15) is 11.1 Å². The summed E-state index contributed by atoms with van der Waals surface area (Å²) in [7, 11) is 0. The Hall–Kier alpha value is -2.47. The summed E-state index contributed by atoms with van der Waals surface area (Å²) >= 11 is 0. The van der Waals surface area contributed by atoms with Gasteiger partial charge in [0.25, 0.3) is 0 Å². The highest BCUT2D eigenvalue weighted by molar-refractivity contribution is 5.86. The molecule has 1 heterocycles. The first-order valence-corrected chi connectivity index (χ1v) is 6.67. The Morgan fingerprint density at radius 3 is 2.45 bits per heavy atom. The number of rotatable bonds is 2. The van der Waals surface area contributed by atoms with Gasteiger partial charge >= 0.3 is 6.18 Å². The number of aromatic amines is 1. The van der Waals surface area contributed by atoms with Crippen LogP contribution in [0.3, 0.4) is 0 Å². The molecule has 5 N–H and O–H groups in total. The van der Waals surface area contributed by atoms with Gasteiger partial charge in [0.2, 0.25) is 0 Å². The zero-order chi connectivity index (χ0) is 15.9. The Bertz CT molecular complexity index is 834. The molecule has 3 aromatic rings. The van der Waals surface area contributed by atoms with Crippen molar-refractivity contribution in [1.82, 2.24) is 4.98 Å². The summed E-state index contributed by atoms with van der Waals surface area (Å²) in [6.45, 7) is 0.413. The van der Waals surface area contributed by atoms with Gasteiger partial charge < -0.3 is 16.5 Å². The molecule has 22 heavy (non-hydrogen) atoms. The topological polar surface area (TPSA) is 67.8 Å². The van der Waals surface area contributed by atoms with Gasteiger partial charge in [0.05, 0.1) is 5.56 Å². The van der Waals surface area contributed by atoms with Gasteiger partial charge in [0.1, 0.15) is 0 Å². The number of aromatic nitrogens is 1. The number of nitrogen functional groups attached to an aromatic ring is 1. The second-order valence-electron chi connectivity index (χ2n) is 5.11. The fourth-order valence-corrected chi connectivity index (χ4v) is 2.43. The van der Waals surface area contributed by atoms with Crippen LogP contribution < -0.4 is 11.5 Å². The van der Waals surface area contributed by atoms with Crippen LogP contribution in [-0.4, -0.2) is 4.98 Å². The molecule has 0 aliphatic carbocycles. The Labute approximate surface area is 124 Å². The molecule has 0 atom stereocenters. The van der Waals surface area contributed by atoms with E-state index in [4.69, 9.17) is 11.5 Å². The van der Waals surface area contributed by atoms with Crippen molar-refractivity contribution in [3.05, 3.63) is 53.6 Å². The number of anilines is 1. The Morgan fingerprint density at radius 1 is 1.00 bits per heavy atom. The lowest BCUT2D eigenvalue weighted by Crippen LogP contribution is -2.08. The molecule has 0 spiro atoms. The number of alkyl halides is 3. The van der Waals surface area contributed by atoms with E-state index < -0.39 is 11.7 Å². The van der Waals surface area contributed by atoms with Crippen LogP contribution in [0.5, 0.6) is 0 Å². The maximum atomic E-state index is 12.9. The standard InChI is InChI=1S/C16H14F3N3/c17-16(18,19)12-6-10(2-3-13(12)21)15-7-11-5-9(8-20)1-4-14(11)22-15/h1-7,22H,8,20-21H2. The average molecular weight is 305 g/mol. The van der Waals surface area contributed by atoms with Gasteiger partial charge in [-0.2, -0.15) is 13.2 Å². The van der Waals surface area contributed by atoms with Crippen LogP contribution in [-0.2, 0) is 12.7 Å². The molecular weight excluding hydrogens is 291 g/mol. The predicted octanol–water partition coefficient (Wildman–Crippen LogP) is 3.89. The van der Waals surface area contributed by atoms with Crippen molar-refractivity contribution >= 4 is 16.6 Å². The van der Waals surface area contributed by atoms with Crippen LogP contribution in [0.15, 0.2) is 42.5 Å². The summed E-state index contributed by atoms with van der Waals surface area (Å²) in [4.78, 5) is 3.11. The van der Waals surface area contributed by atoms with Crippen LogP contribution >= 0.6 is 0 Å². The van der Waals surface area contributed by atoms with Crippen molar-refractivity contribution in [3.8, 4) is 11.3 Å². The number of fused-ring (bicyclic) bond motifs is 1. The average Bonchev–Trinajstić information content (AvgIpc) is 2.89. The zero-order valence-corrected chi connectivity index (χ0v) is 11.5. The first-order chi connectivity index (χ1) is 10.4. The highest BCUT2D eigenvalue weighted by Gasteiger charge is 2.33. The van der Waals surface area contributed by atoms with E-state index in [9.17, 15) is 13.2 Å². The summed E-state index contributed by atoms with van der Waals surface area (Å²) in [6.07, 6.45) is -4.47. The summed E-state index contributed by atoms with van der Waals surface area (Å²) < 4.78 is 38.8. The minimum atomic E-state index is -4.47. The van der Waals surface area contributed by atoms with Gasteiger partial charge in [-0.05, 0) is 41.5 Å². The lowest BCUT2D eigenvalue weighted by molar-refractivity contribution is -0.136. The summed E-state index contributed by atoms with van der Waals surface area (Å²) in [5.41, 5.74) is 12.8. The second kappa shape index (κ2) is 5.06. The lowest BCUT2D eigenvalue weighted by atomic mass is 10.1. The normalized spacial score (nSPS) is 12.0. The van der Waals surface area contributed by atoms with E-state index in [2.05, 4.69) is 4.98 Å². The number of nitrogens with two attached hydrogens (primary N) is 2. The van der Waals surface area contributed by atoms with Crippen molar-refractivity contribution in [2.75, 3.05) is 5.73 Å². The Kier molecular flexibility index (Phi) is 3.33. The summed E-state index contributed by atoms with van der Waals surface area (Å²) in [5, 5.41) is 0.906. The third kappa shape index (κ3) is 2.53. The molecule has 0 saturated carbocycles. The molecule has 3 nitrogen and oxygen atoms in total. The maximum absolute atomic E-state index is 12.9. The highest BCUT2D eigenvalue weighted by Crippen LogP contribution is 2.36. The van der Waals surface area contributed by atoms with E-state index >= 15 is 0 Å². The van der Waals surface area contributed by atoms with E-state index in [1.807, 2.05) is 18.2 Å². The van der Waals surface area contributed by atoms with E-state index in [-0.39, 0.29) is 5.69 Å². The molecule has 0 unspecified atom stereocenters. The third-order valence-electron chi connectivity index (χ3n) is 3.59. The minimum Gasteiger partial charge on any atom is -0.398 e. The van der Waals surface area contributed by atoms with Crippen molar-refractivity contribution in [3.63, 3.8) is 0 Å². The first-order valence-electron chi connectivity index (χ1n) is 6.67. The predicted molar refractivity (Wildman–Crippen MR) is 81.0 cm³/mol. The molecule has 0 bridgehead atoms. The van der Waals surface area contributed by atoms with Gasteiger partial charge in [-0.3, -0.25) is 0 Å². The number of nitrogens with one attached hydrogen (secondary N) is 1. The van der Waals surface area contributed by atoms with E-state index in [1.54, 1.807) is 12.1 Å². The van der Waals surface area contributed by atoms with Gasteiger partial charge in [0.15, 0.2) is 0 Å². The van der Waals surface area contributed by atoms with Gasteiger partial charge in [-0.15, -0.1) is 0 Å². The van der Waals surface area contributed by atoms with Crippen molar-refractivity contribution in [1.29, 1.82) is 0 Å².